The van der Waals surface area contributed by atoms with Gasteiger partial charge in [0.1, 0.15) is 18.6 Å². The van der Waals surface area contributed by atoms with Crippen molar-refractivity contribution in [3.8, 4) is 5.75 Å². The lowest BCUT2D eigenvalue weighted by Crippen LogP contribution is -2.41. The summed E-state index contributed by atoms with van der Waals surface area (Å²) in [6, 6.07) is 5.86. The van der Waals surface area contributed by atoms with E-state index in [4.69, 9.17) is 4.74 Å². The van der Waals surface area contributed by atoms with E-state index in [1.54, 1.807) is 5.32 Å². The molecule has 1 amide bonds. The first-order valence-electron chi connectivity index (χ1n) is 5.38. The van der Waals surface area contributed by atoms with E-state index in [0.29, 0.717) is 17.6 Å². The topological polar surface area (TPSA) is 55.4 Å². The van der Waals surface area contributed by atoms with E-state index < -0.39 is 24.7 Å². The van der Waals surface area contributed by atoms with Crippen molar-refractivity contribution in [2.45, 2.75) is 19.2 Å². The fourth-order valence-corrected chi connectivity index (χ4v) is 1.21. The molecular weight excluding hydrogens is 263 g/mol. The molecule has 1 aromatic carbocycles. The van der Waals surface area contributed by atoms with Gasteiger partial charge in [-0.25, -0.2) is 0 Å². The largest absolute Gasteiger partial charge is 0.481 e. The second kappa shape index (κ2) is 6.21. The van der Waals surface area contributed by atoms with Gasteiger partial charge in [-0.1, -0.05) is 0 Å². The van der Waals surface area contributed by atoms with E-state index in [1.165, 1.54) is 31.2 Å². The number of amides is 1. The van der Waals surface area contributed by atoms with Gasteiger partial charge < -0.3 is 10.1 Å². The van der Waals surface area contributed by atoms with Gasteiger partial charge in [-0.05, 0) is 31.2 Å². The summed E-state index contributed by atoms with van der Waals surface area (Å²) in [5.41, 5.74) is 0.432. The molecule has 4 nitrogen and oxygen atoms in total. The van der Waals surface area contributed by atoms with Crippen molar-refractivity contribution in [3.63, 3.8) is 0 Å². The Labute approximate surface area is 107 Å². The van der Waals surface area contributed by atoms with Gasteiger partial charge in [0.25, 0.3) is 5.91 Å². The van der Waals surface area contributed by atoms with Crippen molar-refractivity contribution in [2.75, 3.05) is 6.54 Å². The molecule has 1 rings (SSSR count). The fraction of sp³-hybridized carbons (Fsp3) is 0.333. The molecule has 0 fully saturated rings. The molecule has 0 aliphatic rings. The summed E-state index contributed by atoms with van der Waals surface area (Å²) in [6.07, 6.45) is -4.88. The Kier molecular flexibility index (Phi) is 4.91. The average Bonchev–Trinajstić information content (AvgIpc) is 2.36. The van der Waals surface area contributed by atoms with Crippen LogP contribution in [0.25, 0.3) is 0 Å². The summed E-state index contributed by atoms with van der Waals surface area (Å²) < 4.78 is 40.8. The maximum atomic E-state index is 11.9. The highest BCUT2D eigenvalue weighted by atomic mass is 19.4. The van der Waals surface area contributed by atoms with Crippen LogP contribution in [0.1, 0.15) is 17.3 Å². The van der Waals surface area contributed by atoms with Crippen LogP contribution in [0.5, 0.6) is 5.75 Å². The average molecular weight is 275 g/mol. The molecule has 19 heavy (non-hydrogen) atoms. The number of alkyl halides is 3. The van der Waals surface area contributed by atoms with Crippen LogP contribution in [0, 0.1) is 0 Å². The highest BCUT2D eigenvalue weighted by Crippen LogP contribution is 2.14. The number of aldehydes is 1. The van der Waals surface area contributed by atoms with Crippen LogP contribution in [0.2, 0.25) is 0 Å². The molecule has 0 saturated heterocycles. The molecule has 0 aliphatic heterocycles. The van der Waals surface area contributed by atoms with E-state index >= 15 is 0 Å². The third kappa shape index (κ3) is 5.41. The second-order valence-electron chi connectivity index (χ2n) is 3.78. The molecule has 104 valence electrons. The van der Waals surface area contributed by atoms with Crippen LogP contribution in [0.3, 0.4) is 0 Å². The molecular formula is C12H12F3NO3. The van der Waals surface area contributed by atoms with Gasteiger partial charge in [-0.2, -0.15) is 13.2 Å². The van der Waals surface area contributed by atoms with Crippen LogP contribution in [-0.2, 0) is 4.79 Å². The number of benzene rings is 1. The molecule has 0 heterocycles. The Balaban J connectivity index is 2.51. The van der Waals surface area contributed by atoms with Crippen molar-refractivity contribution < 1.29 is 27.5 Å². The van der Waals surface area contributed by atoms with Crippen molar-refractivity contribution >= 4 is 12.2 Å². The van der Waals surface area contributed by atoms with Gasteiger partial charge in [0.2, 0.25) is 0 Å². The standard InChI is InChI=1S/C12H12F3NO3/c1-8(11(18)16-7-12(13,14)15)19-10-4-2-9(6-17)3-5-10/h2-6,8H,7H2,1H3,(H,16,18)/t8-/m0/s1. The first-order valence-corrected chi connectivity index (χ1v) is 5.38. The van der Waals surface area contributed by atoms with Gasteiger partial charge in [0.15, 0.2) is 6.10 Å². The molecule has 7 heteroatoms. The summed E-state index contributed by atoms with van der Waals surface area (Å²) in [4.78, 5) is 21.7. The van der Waals surface area contributed by atoms with Crippen LogP contribution < -0.4 is 10.1 Å². The number of rotatable bonds is 5. The Morgan fingerprint density at radius 3 is 2.42 bits per heavy atom. The lowest BCUT2D eigenvalue weighted by Gasteiger charge is -2.15. The zero-order valence-electron chi connectivity index (χ0n) is 10.0. The Hall–Kier alpha value is -2.05. The molecule has 1 N–H and O–H groups in total. The monoisotopic (exact) mass is 275 g/mol. The number of nitrogens with one attached hydrogen (secondary N) is 1. The summed E-state index contributed by atoms with van der Waals surface area (Å²) in [7, 11) is 0. The first-order chi connectivity index (χ1) is 8.81. The Bertz CT molecular complexity index is 443. The number of hydrogen-bond acceptors (Lipinski definition) is 3. The third-order valence-electron chi connectivity index (χ3n) is 2.16. The molecule has 0 spiro atoms. The number of ether oxygens (including phenoxy) is 1. The Morgan fingerprint density at radius 1 is 1.37 bits per heavy atom. The maximum absolute atomic E-state index is 11.9. The highest BCUT2D eigenvalue weighted by molar-refractivity contribution is 5.80. The normalized spacial score (nSPS) is 12.6. The van der Waals surface area contributed by atoms with Gasteiger partial charge in [0, 0.05) is 5.56 Å². The minimum absolute atomic E-state index is 0.292. The summed E-state index contributed by atoms with van der Waals surface area (Å²) in [6.45, 7) is -0.0665. The smallest absolute Gasteiger partial charge is 0.405 e. The van der Waals surface area contributed by atoms with E-state index in [-0.39, 0.29) is 0 Å². The van der Waals surface area contributed by atoms with Crippen molar-refractivity contribution in [3.05, 3.63) is 29.8 Å². The van der Waals surface area contributed by atoms with Crippen molar-refractivity contribution in [2.24, 2.45) is 0 Å². The number of carbonyl (C=O) groups excluding carboxylic acids is 2. The summed E-state index contributed by atoms with van der Waals surface area (Å²) >= 11 is 0. The molecule has 0 unspecified atom stereocenters. The van der Waals surface area contributed by atoms with Crippen LogP contribution in [0.4, 0.5) is 13.2 Å². The van der Waals surface area contributed by atoms with Gasteiger partial charge >= 0.3 is 6.18 Å². The Morgan fingerprint density at radius 2 is 1.95 bits per heavy atom. The fourth-order valence-electron chi connectivity index (χ4n) is 1.21. The summed E-state index contributed by atoms with van der Waals surface area (Å²) in [5, 5.41) is 1.72. The van der Waals surface area contributed by atoms with Gasteiger partial charge in [-0.15, -0.1) is 0 Å². The molecule has 1 atom stereocenters. The van der Waals surface area contributed by atoms with Crippen molar-refractivity contribution in [1.29, 1.82) is 0 Å². The predicted octanol–water partition coefficient (Wildman–Crippen LogP) is 1.94. The predicted molar refractivity (Wildman–Crippen MR) is 61.0 cm³/mol. The van der Waals surface area contributed by atoms with Crippen LogP contribution in [-0.4, -0.2) is 31.0 Å². The minimum Gasteiger partial charge on any atom is -0.481 e. The minimum atomic E-state index is -4.46. The quantitative estimate of drug-likeness (QED) is 0.835. The van der Waals surface area contributed by atoms with E-state index in [0.717, 1.165) is 0 Å². The zero-order chi connectivity index (χ0) is 14.5. The lowest BCUT2D eigenvalue weighted by atomic mass is 10.2. The first kappa shape index (κ1) is 15.0. The van der Waals surface area contributed by atoms with Crippen LogP contribution in [0.15, 0.2) is 24.3 Å². The molecule has 1 aromatic rings. The maximum Gasteiger partial charge on any atom is 0.405 e. The molecule has 0 bridgehead atoms. The molecule has 0 radical (unpaired) electrons. The molecule has 0 saturated carbocycles. The third-order valence-corrected chi connectivity index (χ3v) is 2.16. The van der Waals surface area contributed by atoms with Gasteiger partial charge in [0.05, 0.1) is 0 Å². The van der Waals surface area contributed by atoms with Crippen molar-refractivity contribution in [1.82, 2.24) is 5.32 Å². The SMILES string of the molecule is C[C@H](Oc1ccc(C=O)cc1)C(=O)NCC(F)(F)F. The highest BCUT2D eigenvalue weighted by Gasteiger charge is 2.29. The summed E-state index contributed by atoms with van der Waals surface area (Å²) in [5.74, 6) is -0.572. The number of carbonyl (C=O) groups is 2. The van der Waals surface area contributed by atoms with E-state index in [9.17, 15) is 22.8 Å². The lowest BCUT2D eigenvalue weighted by molar-refractivity contribution is -0.142. The second-order valence-corrected chi connectivity index (χ2v) is 3.78. The van der Waals surface area contributed by atoms with E-state index in [2.05, 4.69) is 0 Å². The van der Waals surface area contributed by atoms with Crippen LogP contribution >= 0.6 is 0 Å². The van der Waals surface area contributed by atoms with Gasteiger partial charge in [-0.3, -0.25) is 9.59 Å². The van der Waals surface area contributed by atoms with E-state index in [1.807, 2.05) is 0 Å². The number of halogens is 3. The molecule has 0 aromatic heterocycles. The zero-order valence-corrected chi connectivity index (χ0v) is 10.0. The number of hydrogen-bond donors (Lipinski definition) is 1. The molecule has 0 aliphatic carbocycles.